The fraction of sp³-hybridized carbons (Fsp3) is 0.360. The maximum Gasteiger partial charge on any atom is 0.255 e. The molecule has 3 heterocycles. The molecule has 1 aromatic heterocycles. The van der Waals surface area contributed by atoms with Crippen molar-refractivity contribution in [3.63, 3.8) is 0 Å². The zero-order chi connectivity index (χ0) is 22.1. The Morgan fingerprint density at radius 2 is 2.12 bits per heavy atom. The van der Waals surface area contributed by atoms with Crippen LogP contribution < -0.4 is 10.1 Å². The summed E-state index contributed by atoms with van der Waals surface area (Å²) in [5.74, 6) is 0.476. The van der Waals surface area contributed by atoms with Gasteiger partial charge in [0, 0.05) is 31.0 Å². The Morgan fingerprint density at radius 3 is 2.88 bits per heavy atom. The SMILES string of the molecule is Cc1c(Cc2ccc(-n3cccn3)cc2)cc(C(=O)N[C@H]2CCOC[C@@H]2O)c2c1CCO2. The molecule has 2 aliphatic rings. The largest absolute Gasteiger partial charge is 0.492 e. The van der Waals surface area contributed by atoms with Crippen molar-refractivity contribution in [1.29, 1.82) is 0 Å². The summed E-state index contributed by atoms with van der Waals surface area (Å²) in [6.07, 6.45) is 5.10. The maximum atomic E-state index is 13.2. The first-order chi connectivity index (χ1) is 15.6. The molecule has 1 amide bonds. The van der Waals surface area contributed by atoms with Crippen LogP contribution in [-0.2, 0) is 17.6 Å². The summed E-state index contributed by atoms with van der Waals surface area (Å²) in [7, 11) is 0. The zero-order valence-corrected chi connectivity index (χ0v) is 18.1. The second kappa shape index (κ2) is 8.76. The van der Waals surface area contributed by atoms with Gasteiger partial charge in [-0.1, -0.05) is 12.1 Å². The smallest absolute Gasteiger partial charge is 0.255 e. The van der Waals surface area contributed by atoms with Crippen LogP contribution in [0.4, 0.5) is 0 Å². The highest BCUT2D eigenvalue weighted by Crippen LogP contribution is 2.35. The van der Waals surface area contributed by atoms with Gasteiger partial charge in [0.1, 0.15) is 5.75 Å². The lowest BCUT2D eigenvalue weighted by atomic mass is 9.92. The van der Waals surface area contributed by atoms with Gasteiger partial charge in [-0.15, -0.1) is 0 Å². The lowest BCUT2D eigenvalue weighted by Crippen LogP contribution is -2.48. The van der Waals surface area contributed by atoms with Crippen LogP contribution in [0, 0.1) is 6.92 Å². The number of hydrogen-bond acceptors (Lipinski definition) is 5. The standard InChI is InChI=1S/C25H27N3O4/c1-16-18(13-17-3-5-19(6-4-17)28-10-2-9-26-28)14-21(24-20(16)7-12-32-24)25(30)27-22-8-11-31-15-23(22)29/h2-6,9-10,14,22-23,29H,7-8,11-13,15H2,1H3,(H,27,30)/t22-,23-/m0/s1. The van der Waals surface area contributed by atoms with E-state index in [0.29, 0.717) is 30.9 Å². The number of hydrogen-bond donors (Lipinski definition) is 2. The topological polar surface area (TPSA) is 85.6 Å². The minimum atomic E-state index is -0.695. The van der Waals surface area contributed by atoms with Crippen LogP contribution in [0.25, 0.3) is 5.69 Å². The first-order valence-electron chi connectivity index (χ1n) is 11.0. The quantitative estimate of drug-likeness (QED) is 0.646. The molecule has 0 bridgehead atoms. The van der Waals surface area contributed by atoms with Crippen LogP contribution in [0.5, 0.6) is 5.75 Å². The van der Waals surface area contributed by atoms with Gasteiger partial charge in [-0.25, -0.2) is 4.68 Å². The molecule has 1 fully saturated rings. The van der Waals surface area contributed by atoms with Crippen molar-refractivity contribution in [1.82, 2.24) is 15.1 Å². The van der Waals surface area contributed by atoms with Crippen molar-refractivity contribution in [3.05, 3.63) is 76.6 Å². The molecule has 0 unspecified atom stereocenters. The Kier molecular flexibility index (Phi) is 5.68. The molecule has 2 aromatic carbocycles. The van der Waals surface area contributed by atoms with Crippen molar-refractivity contribution in [3.8, 4) is 11.4 Å². The van der Waals surface area contributed by atoms with E-state index in [1.54, 1.807) is 6.20 Å². The van der Waals surface area contributed by atoms with Gasteiger partial charge in [0.25, 0.3) is 5.91 Å². The third-order valence-electron chi connectivity index (χ3n) is 6.36. The van der Waals surface area contributed by atoms with E-state index < -0.39 is 6.10 Å². The number of carbonyl (C=O) groups is 1. The van der Waals surface area contributed by atoms with E-state index in [2.05, 4.69) is 29.5 Å². The molecule has 2 aliphatic heterocycles. The molecule has 1 saturated heterocycles. The van der Waals surface area contributed by atoms with Gasteiger partial charge in [-0.2, -0.15) is 5.10 Å². The number of nitrogens with one attached hydrogen (secondary N) is 1. The molecule has 3 aromatic rings. The van der Waals surface area contributed by atoms with Crippen molar-refractivity contribution in [2.45, 2.75) is 38.3 Å². The average molecular weight is 434 g/mol. The molecule has 2 atom stereocenters. The molecule has 7 nitrogen and oxygen atoms in total. The third-order valence-corrected chi connectivity index (χ3v) is 6.36. The number of amides is 1. The van der Waals surface area contributed by atoms with Gasteiger partial charge < -0.3 is 19.9 Å². The molecule has 7 heteroatoms. The van der Waals surface area contributed by atoms with Crippen LogP contribution in [0.2, 0.25) is 0 Å². The molecular formula is C25H27N3O4. The summed E-state index contributed by atoms with van der Waals surface area (Å²) < 4.78 is 13.0. The van der Waals surface area contributed by atoms with E-state index in [1.807, 2.05) is 35.1 Å². The first kappa shape index (κ1) is 20.7. The predicted molar refractivity (Wildman–Crippen MR) is 119 cm³/mol. The Balaban J connectivity index is 1.41. The van der Waals surface area contributed by atoms with Gasteiger partial charge in [-0.3, -0.25) is 4.79 Å². The third kappa shape index (κ3) is 4.01. The molecule has 0 spiro atoms. The van der Waals surface area contributed by atoms with Crippen molar-refractivity contribution < 1.29 is 19.4 Å². The number of nitrogens with zero attached hydrogens (tertiary/aromatic N) is 2. The van der Waals surface area contributed by atoms with Crippen LogP contribution >= 0.6 is 0 Å². The number of ether oxygens (including phenoxy) is 2. The lowest BCUT2D eigenvalue weighted by Gasteiger charge is -2.28. The fourth-order valence-electron chi connectivity index (χ4n) is 4.49. The average Bonchev–Trinajstić information content (AvgIpc) is 3.50. The Morgan fingerprint density at radius 1 is 1.28 bits per heavy atom. The molecule has 0 aliphatic carbocycles. The van der Waals surface area contributed by atoms with Crippen LogP contribution in [0.3, 0.4) is 0 Å². The molecule has 166 valence electrons. The van der Waals surface area contributed by atoms with E-state index in [-0.39, 0.29) is 18.6 Å². The summed E-state index contributed by atoms with van der Waals surface area (Å²) in [6, 6.07) is 11.8. The Hall–Kier alpha value is -3.16. The van der Waals surface area contributed by atoms with Crippen molar-refractivity contribution in [2.75, 3.05) is 19.8 Å². The summed E-state index contributed by atoms with van der Waals surface area (Å²) in [6.45, 7) is 3.46. The van der Waals surface area contributed by atoms with Crippen LogP contribution in [0.1, 0.15) is 39.0 Å². The first-order valence-corrected chi connectivity index (χ1v) is 11.0. The van der Waals surface area contributed by atoms with E-state index in [1.165, 1.54) is 5.56 Å². The molecule has 0 radical (unpaired) electrons. The summed E-state index contributed by atoms with van der Waals surface area (Å²) in [5, 5.41) is 17.4. The van der Waals surface area contributed by atoms with Gasteiger partial charge in [0.15, 0.2) is 0 Å². The lowest BCUT2D eigenvalue weighted by molar-refractivity contribution is -0.0261. The van der Waals surface area contributed by atoms with E-state index in [0.717, 1.165) is 35.2 Å². The number of rotatable bonds is 5. The van der Waals surface area contributed by atoms with Crippen molar-refractivity contribution >= 4 is 5.91 Å². The van der Waals surface area contributed by atoms with Gasteiger partial charge >= 0.3 is 0 Å². The number of aliphatic hydroxyl groups is 1. The minimum absolute atomic E-state index is 0.204. The summed E-state index contributed by atoms with van der Waals surface area (Å²) in [5.41, 5.74) is 6.11. The monoisotopic (exact) mass is 433 g/mol. The van der Waals surface area contributed by atoms with Gasteiger partial charge in [-0.05, 0) is 60.7 Å². The maximum absolute atomic E-state index is 13.2. The highest BCUT2D eigenvalue weighted by Gasteiger charge is 2.29. The van der Waals surface area contributed by atoms with Gasteiger partial charge in [0.2, 0.25) is 0 Å². The number of benzene rings is 2. The number of carbonyl (C=O) groups excluding carboxylic acids is 1. The molecule has 0 saturated carbocycles. The minimum Gasteiger partial charge on any atom is -0.492 e. The highest BCUT2D eigenvalue weighted by atomic mass is 16.5. The normalized spacial score (nSPS) is 19.9. The van der Waals surface area contributed by atoms with E-state index in [9.17, 15) is 9.90 Å². The molecule has 5 rings (SSSR count). The number of aliphatic hydroxyl groups excluding tert-OH is 1. The van der Waals surface area contributed by atoms with Crippen LogP contribution in [0.15, 0.2) is 48.8 Å². The number of aromatic nitrogens is 2. The fourth-order valence-corrected chi connectivity index (χ4v) is 4.49. The second-order valence-corrected chi connectivity index (χ2v) is 8.42. The summed E-state index contributed by atoms with van der Waals surface area (Å²) in [4.78, 5) is 13.2. The Labute approximate surface area is 187 Å². The van der Waals surface area contributed by atoms with E-state index in [4.69, 9.17) is 9.47 Å². The molecule has 32 heavy (non-hydrogen) atoms. The molecule has 2 N–H and O–H groups in total. The van der Waals surface area contributed by atoms with Crippen molar-refractivity contribution in [2.24, 2.45) is 0 Å². The van der Waals surface area contributed by atoms with Gasteiger partial charge in [0.05, 0.1) is 36.6 Å². The summed E-state index contributed by atoms with van der Waals surface area (Å²) >= 11 is 0. The van der Waals surface area contributed by atoms with Crippen LogP contribution in [-0.4, -0.2) is 52.8 Å². The predicted octanol–water partition coefficient (Wildman–Crippen LogP) is 2.59. The highest BCUT2D eigenvalue weighted by molar-refractivity contribution is 5.98. The van der Waals surface area contributed by atoms with E-state index >= 15 is 0 Å². The zero-order valence-electron chi connectivity index (χ0n) is 18.1. The number of fused-ring (bicyclic) bond motifs is 1. The Bertz CT molecular complexity index is 1110. The molecular weight excluding hydrogens is 406 g/mol. The second-order valence-electron chi connectivity index (χ2n) is 8.42.